The standard InChI is InChI=1S/C19H20F2N2O2S/c1-13-5-11-16(12-6-13)26(24,25)23-22-15-9-7-14(8-10-15)17-3-2-4-18(20)19(17)21/h2-6,11-12,14,23H,7-10H2,1H3. The lowest BCUT2D eigenvalue weighted by Crippen LogP contribution is -2.22. The minimum Gasteiger partial charge on any atom is -0.204 e. The molecule has 1 fully saturated rings. The maximum Gasteiger partial charge on any atom is 0.276 e. The minimum atomic E-state index is -3.70. The molecule has 1 aliphatic rings. The summed E-state index contributed by atoms with van der Waals surface area (Å²) in [6.45, 7) is 1.88. The van der Waals surface area contributed by atoms with Gasteiger partial charge < -0.3 is 0 Å². The van der Waals surface area contributed by atoms with Gasteiger partial charge in [-0.1, -0.05) is 29.8 Å². The van der Waals surface area contributed by atoms with Gasteiger partial charge in [0, 0.05) is 5.71 Å². The van der Waals surface area contributed by atoms with Gasteiger partial charge in [0.15, 0.2) is 11.6 Å². The van der Waals surface area contributed by atoms with E-state index in [1.165, 1.54) is 18.2 Å². The Hall–Kier alpha value is -2.28. The van der Waals surface area contributed by atoms with Gasteiger partial charge >= 0.3 is 0 Å². The van der Waals surface area contributed by atoms with Crippen LogP contribution in [0.25, 0.3) is 0 Å². The summed E-state index contributed by atoms with van der Waals surface area (Å²) in [7, 11) is -3.70. The van der Waals surface area contributed by atoms with E-state index in [1.807, 2.05) is 6.92 Å². The topological polar surface area (TPSA) is 58.5 Å². The Morgan fingerprint density at radius 2 is 1.69 bits per heavy atom. The molecule has 138 valence electrons. The number of hydrogen-bond acceptors (Lipinski definition) is 3. The first-order valence-corrected chi connectivity index (χ1v) is 9.93. The second kappa shape index (κ2) is 7.53. The van der Waals surface area contributed by atoms with Crippen molar-refractivity contribution >= 4 is 15.7 Å². The van der Waals surface area contributed by atoms with Crippen molar-refractivity contribution in [3.05, 3.63) is 65.2 Å². The molecule has 2 aromatic carbocycles. The average molecular weight is 378 g/mol. The molecule has 26 heavy (non-hydrogen) atoms. The molecular formula is C19H20F2N2O2S. The van der Waals surface area contributed by atoms with Crippen molar-refractivity contribution in [1.82, 2.24) is 4.83 Å². The Bertz CT molecular complexity index is 915. The summed E-state index contributed by atoms with van der Waals surface area (Å²) in [5, 5.41) is 4.03. The van der Waals surface area contributed by atoms with E-state index in [4.69, 9.17) is 0 Å². The van der Waals surface area contributed by atoms with Crippen LogP contribution in [-0.2, 0) is 10.0 Å². The number of nitrogens with zero attached hydrogens (tertiary/aromatic N) is 1. The Morgan fingerprint density at radius 1 is 1.04 bits per heavy atom. The third-order valence-corrected chi connectivity index (χ3v) is 5.86. The second-order valence-electron chi connectivity index (χ2n) is 6.50. The number of sulfonamides is 1. The van der Waals surface area contributed by atoms with Crippen LogP contribution < -0.4 is 4.83 Å². The van der Waals surface area contributed by atoms with Gasteiger partial charge in [-0.25, -0.2) is 13.6 Å². The second-order valence-corrected chi connectivity index (χ2v) is 8.16. The van der Waals surface area contributed by atoms with Crippen LogP contribution in [0.15, 0.2) is 52.5 Å². The molecule has 2 aromatic rings. The van der Waals surface area contributed by atoms with Gasteiger partial charge in [-0.2, -0.15) is 13.5 Å². The first-order chi connectivity index (χ1) is 12.4. The molecule has 0 radical (unpaired) electrons. The van der Waals surface area contributed by atoms with Gasteiger partial charge in [0.1, 0.15) is 0 Å². The zero-order valence-corrected chi connectivity index (χ0v) is 15.2. The van der Waals surface area contributed by atoms with E-state index in [0.717, 1.165) is 11.6 Å². The molecule has 1 N–H and O–H groups in total. The zero-order chi connectivity index (χ0) is 18.7. The predicted octanol–water partition coefficient (Wildman–Crippen LogP) is 4.27. The van der Waals surface area contributed by atoms with Crippen LogP contribution >= 0.6 is 0 Å². The Balaban J connectivity index is 1.64. The highest BCUT2D eigenvalue weighted by molar-refractivity contribution is 7.89. The summed E-state index contributed by atoms with van der Waals surface area (Å²) in [4.78, 5) is 2.42. The monoisotopic (exact) mass is 378 g/mol. The quantitative estimate of drug-likeness (QED) is 0.808. The molecule has 0 saturated heterocycles. The fourth-order valence-electron chi connectivity index (χ4n) is 3.10. The van der Waals surface area contributed by atoms with Gasteiger partial charge in [0.05, 0.1) is 4.90 Å². The van der Waals surface area contributed by atoms with Gasteiger partial charge in [0.2, 0.25) is 0 Å². The number of nitrogens with one attached hydrogen (secondary N) is 1. The third-order valence-electron chi connectivity index (χ3n) is 4.64. The molecule has 0 unspecified atom stereocenters. The molecule has 1 aliphatic carbocycles. The van der Waals surface area contributed by atoms with Crippen molar-refractivity contribution in [3.63, 3.8) is 0 Å². The summed E-state index contributed by atoms with van der Waals surface area (Å²) in [6.07, 6.45) is 2.28. The van der Waals surface area contributed by atoms with E-state index in [-0.39, 0.29) is 10.8 Å². The van der Waals surface area contributed by atoms with Gasteiger partial charge in [-0.05, 0) is 62.3 Å². The molecule has 0 spiro atoms. The number of aryl methyl sites for hydroxylation is 1. The van der Waals surface area contributed by atoms with Crippen molar-refractivity contribution in [2.45, 2.75) is 43.4 Å². The molecular weight excluding hydrogens is 358 g/mol. The molecule has 7 heteroatoms. The summed E-state index contributed by atoms with van der Waals surface area (Å²) < 4.78 is 51.8. The van der Waals surface area contributed by atoms with Crippen molar-refractivity contribution in [3.8, 4) is 0 Å². The Morgan fingerprint density at radius 3 is 2.35 bits per heavy atom. The van der Waals surface area contributed by atoms with E-state index in [9.17, 15) is 17.2 Å². The zero-order valence-electron chi connectivity index (χ0n) is 14.4. The lowest BCUT2D eigenvalue weighted by atomic mass is 9.83. The van der Waals surface area contributed by atoms with Gasteiger partial charge in [0.25, 0.3) is 10.0 Å². The smallest absolute Gasteiger partial charge is 0.204 e. The number of benzene rings is 2. The summed E-state index contributed by atoms with van der Waals surface area (Å²) in [5.41, 5.74) is 2.07. The van der Waals surface area contributed by atoms with E-state index in [0.29, 0.717) is 37.0 Å². The van der Waals surface area contributed by atoms with Crippen LogP contribution in [0.3, 0.4) is 0 Å². The fourth-order valence-corrected chi connectivity index (χ4v) is 3.95. The van der Waals surface area contributed by atoms with E-state index < -0.39 is 21.7 Å². The third kappa shape index (κ3) is 4.09. The van der Waals surface area contributed by atoms with Crippen LogP contribution in [0.1, 0.15) is 42.7 Å². The molecule has 0 atom stereocenters. The van der Waals surface area contributed by atoms with Crippen LogP contribution in [0, 0.1) is 18.6 Å². The Labute approximate surface area is 152 Å². The number of halogens is 2. The van der Waals surface area contributed by atoms with Crippen molar-refractivity contribution in [2.24, 2.45) is 5.10 Å². The number of rotatable bonds is 4. The highest BCUT2D eigenvalue weighted by Crippen LogP contribution is 2.33. The van der Waals surface area contributed by atoms with Gasteiger partial charge in [-0.15, -0.1) is 0 Å². The van der Waals surface area contributed by atoms with Crippen LogP contribution in [-0.4, -0.2) is 14.1 Å². The lowest BCUT2D eigenvalue weighted by Gasteiger charge is -2.23. The van der Waals surface area contributed by atoms with E-state index in [1.54, 1.807) is 18.2 Å². The highest BCUT2D eigenvalue weighted by Gasteiger charge is 2.23. The van der Waals surface area contributed by atoms with E-state index in [2.05, 4.69) is 9.93 Å². The molecule has 0 bridgehead atoms. The maximum absolute atomic E-state index is 13.9. The number of hydrazone groups is 1. The first-order valence-electron chi connectivity index (χ1n) is 8.44. The molecule has 3 rings (SSSR count). The summed E-state index contributed by atoms with van der Waals surface area (Å²) >= 11 is 0. The average Bonchev–Trinajstić information content (AvgIpc) is 2.63. The normalized spacial score (nSPS) is 17.8. The lowest BCUT2D eigenvalue weighted by molar-refractivity contribution is 0.470. The molecule has 4 nitrogen and oxygen atoms in total. The van der Waals surface area contributed by atoms with Crippen LogP contribution in [0.2, 0.25) is 0 Å². The fraction of sp³-hybridized carbons (Fsp3) is 0.316. The maximum atomic E-state index is 13.9. The summed E-state index contributed by atoms with van der Waals surface area (Å²) in [6, 6.07) is 10.7. The molecule has 0 aliphatic heterocycles. The van der Waals surface area contributed by atoms with Crippen molar-refractivity contribution in [2.75, 3.05) is 0 Å². The van der Waals surface area contributed by atoms with Crippen molar-refractivity contribution in [1.29, 1.82) is 0 Å². The SMILES string of the molecule is Cc1ccc(S(=O)(=O)NN=C2CCC(c3cccc(F)c3F)CC2)cc1. The first kappa shape index (κ1) is 18.5. The molecule has 0 aromatic heterocycles. The summed E-state index contributed by atoms with van der Waals surface area (Å²) in [5.74, 6) is -1.72. The molecule has 1 saturated carbocycles. The minimum absolute atomic E-state index is 0.0849. The van der Waals surface area contributed by atoms with Crippen LogP contribution in [0.5, 0.6) is 0 Å². The Kier molecular flexibility index (Phi) is 5.36. The van der Waals surface area contributed by atoms with Crippen molar-refractivity contribution < 1.29 is 17.2 Å². The highest BCUT2D eigenvalue weighted by atomic mass is 32.2. The molecule has 0 amide bonds. The largest absolute Gasteiger partial charge is 0.276 e. The van der Waals surface area contributed by atoms with Gasteiger partial charge in [-0.3, -0.25) is 0 Å². The van der Waals surface area contributed by atoms with Crippen LogP contribution in [0.4, 0.5) is 8.78 Å². The predicted molar refractivity (Wildman–Crippen MR) is 96.5 cm³/mol. The number of hydrogen-bond donors (Lipinski definition) is 1. The molecule has 0 heterocycles. The van der Waals surface area contributed by atoms with E-state index >= 15 is 0 Å².